The maximum absolute atomic E-state index is 12.5. The number of fused-ring (bicyclic) bond motifs is 1. The molecule has 38 heavy (non-hydrogen) atoms. The van der Waals surface area contributed by atoms with Crippen LogP contribution in [0.15, 0.2) is 36.1 Å². The Hall–Kier alpha value is -3.49. The summed E-state index contributed by atoms with van der Waals surface area (Å²) in [6.07, 6.45) is -5.96. The van der Waals surface area contributed by atoms with Crippen molar-refractivity contribution >= 4 is 23.8 Å². The Morgan fingerprint density at radius 3 is 2.53 bits per heavy atom. The minimum absolute atomic E-state index is 0.0324. The van der Waals surface area contributed by atoms with Crippen molar-refractivity contribution in [1.29, 1.82) is 0 Å². The normalized spacial score (nSPS) is 34.9. The molecule has 1 aromatic rings. The third kappa shape index (κ3) is 5.37. The van der Waals surface area contributed by atoms with Gasteiger partial charge < -0.3 is 49.6 Å². The quantitative estimate of drug-likeness (QED) is 0.150. The van der Waals surface area contributed by atoms with Crippen molar-refractivity contribution in [2.75, 3.05) is 6.61 Å². The van der Waals surface area contributed by atoms with E-state index in [1.54, 1.807) is 6.92 Å². The van der Waals surface area contributed by atoms with Gasteiger partial charge in [-0.05, 0) is 23.8 Å². The molecule has 206 valence electrons. The van der Waals surface area contributed by atoms with Gasteiger partial charge in [-0.25, -0.2) is 9.59 Å². The summed E-state index contributed by atoms with van der Waals surface area (Å²) in [5, 5.41) is 59.1. The van der Waals surface area contributed by atoms with Crippen LogP contribution in [0.5, 0.6) is 11.5 Å². The number of aliphatic hydroxyl groups excluding tert-OH is 3. The lowest BCUT2D eigenvalue weighted by Gasteiger charge is -2.43. The predicted molar refractivity (Wildman–Crippen MR) is 124 cm³/mol. The lowest BCUT2D eigenvalue weighted by Crippen LogP contribution is -2.61. The zero-order chi connectivity index (χ0) is 27.7. The average Bonchev–Trinajstić information content (AvgIpc) is 3.18. The number of carbonyl (C=O) groups is 3. The Kier molecular flexibility index (Phi) is 8.04. The number of aliphatic carboxylic acids is 1. The summed E-state index contributed by atoms with van der Waals surface area (Å²) in [4.78, 5) is 36.6. The molecule has 0 unspecified atom stereocenters. The molecule has 3 aliphatic rings. The van der Waals surface area contributed by atoms with E-state index >= 15 is 0 Å². The van der Waals surface area contributed by atoms with Crippen LogP contribution >= 0.6 is 0 Å². The molecule has 4 rings (SSSR count). The lowest BCUT2D eigenvalue weighted by atomic mass is 9.83. The van der Waals surface area contributed by atoms with Gasteiger partial charge in [0, 0.05) is 30.3 Å². The predicted octanol–water partition coefficient (Wildman–Crippen LogP) is -0.355. The highest BCUT2D eigenvalue weighted by molar-refractivity contribution is 5.91. The van der Waals surface area contributed by atoms with Crippen LogP contribution in [-0.2, 0) is 33.3 Å². The van der Waals surface area contributed by atoms with Gasteiger partial charge in [0.05, 0.1) is 18.4 Å². The van der Waals surface area contributed by atoms with Gasteiger partial charge in [0.1, 0.15) is 24.1 Å². The van der Waals surface area contributed by atoms with E-state index in [0.717, 1.165) is 12.3 Å². The fourth-order valence-corrected chi connectivity index (χ4v) is 4.90. The number of ketones is 1. The third-order valence-corrected chi connectivity index (χ3v) is 7.02. The van der Waals surface area contributed by atoms with Crippen molar-refractivity contribution in [3.63, 3.8) is 0 Å². The summed E-state index contributed by atoms with van der Waals surface area (Å²) in [7, 11) is 0. The number of benzene rings is 1. The van der Waals surface area contributed by atoms with Gasteiger partial charge in [0.15, 0.2) is 17.6 Å². The number of phenolic OH excluding ortho intramolecular Hbond substituents is 2. The van der Waals surface area contributed by atoms with Gasteiger partial charge in [-0.3, -0.25) is 4.79 Å². The highest BCUT2D eigenvalue weighted by Crippen LogP contribution is 2.45. The van der Waals surface area contributed by atoms with Crippen LogP contribution in [0.2, 0.25) is 0 Å². The van der Waals surface area contributed by atoms with Crippen LogP contribution in [-0.4, -0.2) is 92.0 Å². The standard InChI is InChI=1S/C25H28O13/c1-10-15(28)7-12-13(23(33)34)9-35-24(19(10)12)38-25-22(21(32)20(31)17(8-26)36-25)37-18(30)5-3-11-2-4-14(27)16(29)6-11/h2-6,9-10,12,17,19-22,24-27,29,31-32H,7-8H2,1H3,(H,33,34)/b5-3+/t10-,12+,17+,19+,20+,21-,22+,24-,25-/m0/s1. The third-order valence-electron chi connectivity index (χ3n) is 7.02. The van der Waals surface area contributed by atoms with E-state index in [0.29, 0.717) is 5.56 Å². The minimum atomic E-state index is -1.76. The molecule has 0 bridgehead atoms. The first kappa shape index (κ1) is 27.5. The fourth-order valence-electron chi connectivity index (χ4n) is 4.90. The number of ether oxygens (including phenoxy) is 4. The van der Waals surface area contributed by atoms with Crippen molar-refractivity contribution in [1.82, 2.24) is 0 Å². The molecule has 1 saturated carbocycles. The zero-order valence-electron chi connectivity index (χ0n) is 20.1. The number of hydrogen-bond donors (Lipinski definition) is 6. The zero-order valence-corrected chi connectivity index (χ0v) is 20.1. The molecule has 0 radical (unpaired) electrons. The van der Waals surface area contributed by atoms with E-state index in [1.165, 1.54) is 24.3 Å². The van der Waals surface area contributed by atoms with Gasteiger partial charge in [-0.15, -0.1) is 0 Å². The molecule has 0 amide bonds. The molecular formula is C25H28O13. The number of Topliss-reactive ketones (excluding diaryl/α,β-unsaturated/α-hetero) is 1. The number of carbonyl (C=O) groups excluding carboxylic acids is 2. The molecule has 13 heteroatoms. The first-order valence-electron chi connectivity index (χ1n) is 11.8. The molecule has 0 spiro atoms. The molecule has 9 atom stereocenters. The average molecular weight is 536 g/mol. The Bertz CT molecular complexity index is 1140. The molecular weight excluding hydrogens is 508 g/mol. The Morgan fingerprint density at radius 2 is 1.87 bits per heavy atom. The van der Waals surface area contributed by atoms with E-state index in [4.69, 9.17) is 18.9 Å². The fraction of sp³-hybridized carbons (Fsp3) is 0.480. The van der Waals surface area contributed by atoms with Crippen LogP contribution in [0.3, 0.4) is 0 Å². The number of aliphatic hydroxyl groups is 3. The second-order valence-corrected chi connectivity index (χ2v) is 9.35. The minimum Gasteiger partial charge on any atom is -0.504 e. The maximum Gasteiger partial charge on any atom is 0.334 e. The van der Waals surface area contributed by atoms with Crippen molar-refractivity contribution in [2.45, 2.75) is 50.3 Å². The van der Waals surface area contributed by atoms with Crippen molar-refractivity contribution < 1.29 is 64.0 Å². The Labute approximate surface area is 216 Å². The van der Waals surface area contributed by atoms with Gasteiger partial charge >= 0.3 is 11.9 Å². The lowest BCUT2D eigenvalue weighted by molar-refractivity contribution is -0.343. The number of phenols is 2. The summed E-state index contributed by atoms with van der Waals surface area (Å²) in [5.41, 5.74) is 0.252. The molecule has 1 aliphatic carbocycles. The molecule has 0 aromatic heterocycles. The molecule has 1 aromatic carbocycles. The van der Waals surface area contributed by atoms with Gasteiger partial charge in [0.25, 0.3) is 0 Å². The van der Waals surface area contributed by atoms with E-state index < -0.39 is 79.0 Å². The SMILES string of the molecule is C[C@H]1C(=O)C[C@@H]2C(C(=O)O)=CO[C@@H](O[C@@H]3O[C@H](CO)[C@@H](O)[C@H](O)[C@H]3OC(=O)/C=C/c3ccc(O)c(O)c3)[C@@H]21. The molecule has 2 fully saturated rings. The molecule has 2 aliphatic heterocycles. The van der Waals surface area contributed by atoms with Crippen LogP contribution in [0, 0.1) is 17.8 Å². The van der Waals surface area contributed by atoms with Crippen LogP contribution in [0.4, 0.5) is 0 Å². The largest absolute Gasteiger partial charge is 0.504 e. The van der Waals surface area contributed by atoms with E-state index in [1.807, 2.05) is 0 Å². The number of rotatable bonds is 7. The second kappa shape index (κ2) is 11.1. The summed E-state index contributed by atoms with van der Waals surface area (Å²) < 4.78 is 22.2. The van der Waals surface area contributed by atoms with Crippen molar-refractivity contribution in [3.05, 3.63) is 41.7 Å². The first-order chi connectivity index (χ1) is 18.0. The van der Waals surface area contributed by atoms with Gasteiger partial charge in [0.2, 0.25) is 12.6 Å². The summed E-state index contributed by atoms with van der Waals surface area (Å²) in [6.45, 7) is 0.899. The van der Waals surface area contributed by atoms with E-state index in [-0.39, 0.29) is 23.5 Å². The van der Waals surface area contributed by atoms with E-state index in [9.17, 15) is 45.0 Å². The van der Waals surface area contributed by atoms with E-state index in [2.05, 4.69) is 0 Å². The summed E-state index contributed by atoms with van der Waals surface area (Å²) in [6, 6.07) is 3.82. The maximum atomic E-state index is 12.5. The Morgan fingerprint density at radius 1 is 1.13 bits per heavy atom. The topological polar surface area (TPSA) is 210 Å². The van der Waals surface area contributed by atoms with Crippen LogP contribution in [0.1, 0.15) is 18.9 Å². The van der Waals surface area contributed by atoms with Crippen molar-refractivity contribution in [3.8, 4) is 11.5 Å². The molecule has 1 saturated heterocycles. The number of esters is 1. The number of aromatic hydroxyl groups is 2. The molecule has 2 heterocycles. The number of carboxylic acids is 1. The number of hydrogen-bond acceptors (Lipinski definition) is 12. The monoisotopic (exact) mass is 536 g/mol. The summed E-state index contributed by atoms with van der Waals surface area (Å²) in [5.74, 6) is -5.24. The molecule has 13 nitrogen and oxygen atoms in total. The van der Waals surface area contributed by atoms with Crippen LogP contribution in [0.25, 0.3) is 6.08 Å². The smallest absolute Gasteiger partial charge is 0.334 e. The highest BCUT2D eigenvalue weighted by Gasteiger charge is 2.54. The highest BCUT2D eigenvalue weighted by atomic mass is 16.8. The molecule has 6 N–H and O–H groups in total. The second-order valence-electron chi connectivity index (χ2n) is 9.35. The van der Waals surface area contributed by atoms with Gasteiger partial charge in [-0.1, -0.05) is 13.0 Å². The summed E-state index contributed by atoms with van der Waals surface area (Å²) >= 11 is 0. The van der Waals surface area contributed by atoms with Crippen LogP contribution < -0.4 is 0 Å². The van der Waals surface area contributed by atoms with Gasteiger partial charge in [-0.2, -0.15) is 0 Å². The number of carboxylic acid groups (broad SMARTS) is 1. The Balaban J connectivity index is 1.54. The van der Waals surface area contributed by atoms with Crippen molar-refractivity contribution in [2.24, 2.45) is 17.8 Å². The first-order valence-corrected chi connectivity index (χ1v) is 11.8.